The number of aromatic nitrogens is 4. The summed E-state index contributed by atoms with van der Waals surface area (Å²) in [6.45, 7) is 5.69. The van der Waals surface area contributed by atoms with Gasteiger partial charge in [0.25, 0.3) is 0 Å². The molecule has 4 nitrogen and oxygen atoms in total. The molecule has 0 amide bonds. The molecule has 0 atom stereocenters. The number of halogens is 1. The largest absolute Gasteiger partial charge is 0.259 e. The zero-order valence-electron chi connectivity index (χ0n) is 12.3. The molecule has 0 aliphatic rings. The molecule has 0 radical (unpaired) electrons. The maximum absolute atomic E-state index is 12.5. The second-order valence-electron chi connectivity index (χ2n) is 4.70. The average Bonchev–Trinajstić information content (AvgIpc) is 2.91. The van der Waals surface area contributed by atoms with Crippen LogP contribution in [0, 0.1) is 26.6 Å². The SMILES string of the molecule is Cc1ccc(F)c(C)c1.Cc1ccnn1-c1cnccn1. The molecule has 108 valence electrons. The fourth-order valence-corrected chi connectivity index (χ4v) is 1.80. The van der Waals surface area contributed by atoms with Gasteiger partial charge in [0.15, 0.2) is 5.82 Å². The lowest BCUT2D eigenvalue weighted by atomic mass is 10.1. The van der Waals surface area contributed by atoms with Crippen LogP contribution in [0.1, 0.15) is 16.8 Å². The highest BCUT2D eigenvalue weighted by molar-refractivity contribution is 5.22. The fourth-order valence-electron chi connectivity index (χ4n) is 1.80. The topological polar surface area (TPSA) is 43.6 Å². The minimum Gasteiger partial charge on any atom is -0.259 e. The standard InChI is InChI=1S/C8H9F.C8H8N4/c1-6-3-4-8(9)7(2)5-6;1-7-2-3-11-12(7)8-6-9-4-5-10-8/h3-5H,1-2H3;2-6H,1H3. The van der Waals surface area contributed by atoms with Crippen LogP contribution < -0.4 is 0 Å². The van der Waals surface area contributed by atoms with Crippen LogP contribution in [-0.4, -0.2) is 19.7 Å². The van der Waals surface area contributed by atoms with Crippen LogP contribution in [-0.2, 0) is 0 Å². The number of aryl methyl sites for hydroxylation is 3. The van der Waals surface area contributed by atoms with Gasteiger partial charge >= 0.3 is 0 Å². The third kappa shape index (κ3) is 3.95. The van der Waals surface area contributed by atoms with E-state index in [1.54, 1.807) is 42.5 Å². The Hall–Kier alpha value is -2.56. The first-order valence-electron chi connectivity index (χ1n) is 6.57. The number of benzene rings is 1. The third-order valence-electron chi connectivity index (χ3n) is 2.91. The van der Waals surface area contributed by atoms with Crippen molar-refractivity contribution in [2.45, 2.75) is 20.8 Å². The quantitative estimate of drug-likeness (QED) is 0.687. The second-order valence-corrected chi connectivity index (χ2v) is 4.70. The second kappa shape index (κ2) is 6.74. The van der Waals surface area contributed by atoms with Gasteiger partial charge in [0.1, 0.15) is 5.82 Å². The molecule has 1 aromatic carbocycles. The van der Waals surface area contributed by atoms with Crippen LogP contribution in [0.3, 0.4) is 0 Å². The van der Waals surface area contributed by atoms with E-state index in [2.05, 4.69) is 15.1 Å². The highest BCUT2D eigenvalue weighted by atomic mass is 19.1. The molecule has 0 saturated heterocycles. The van der Waals surface area contributed by atoms with Crippen molar-refractivity contribution in [3.63, 3.8) is 0 Å². The summed E-state index contributed by atoms with van der Waals surface area (Å²) in [5.41, 5.74) is 2.87. The van der Waals surface area contributed by atoms with E-state index in [1.165, 1.54) is 6.07 Å². The summed E-state index contributed by atoms with van der Waals surface area (Å²) in [6, 6.07) is 7.01. The van der Waals surface area contributed by atoms with Gasteiger partial charge in [0.05, 0.1) is 6.20 Å². The molecule has 2 aromatic heterocycles. The molecule has 0 spiro atoms. The maximum atomic E-state index is 12.5. The van der Waals surface area contributed by atoms with E-state index in [0.29, 0.717) is 0 Å². The van der Waals surface area contributed by atoms with Crippen molar-refractivity contribution in [2.75, 3.05) is 0 Å². The van der Waals surface area contributed by atoms with Crippen LogP contribution in [0.25, 0.3) is 5.82 Å². The first kappa shape index (κ1) is 14.8. The van der Waals surface area contributed by atoms with Crippen molar-refractivity contribution < 1.29 is 4.39 Å². The van der Waals surface area contributed by atoms with Crippen molar-refractivity contribution in [2.24, 2.45) is 0 Å². The van der Waals surface area contributed by atoms with Gasteiger partial charge in [-0.2, -0.15) is 5.10 Å². The average molecular weight is 284 g/mol. The maximum Gasteiger partial charge on any atom is 0.172 e. The predicted molar refractivity (Wildman–Crippen MR) is 79.8 cm³/mol. The molecule has 3 aromatic rings. The summed E-state index contributed by atoms with van der Waals surface area (Å²) in [5, 5.41) is 4.10. The molecule has 2 heterocycles. The Labute approximate surface area is 123 Å². The highest BCUT2D eigenvalue weighted by Crippen LogP contribution is 2.07. The summed E-state index contributed by atoms with van der Waals surface area (Å²) in [4.78, 5) is 8.08. The smallest absolute Gasteiger partial charge is 0.172 e. The minimum absolute atomic E-state index is 0.124. The Bertz CT molecular complexity index is 707. The molecular formula is C16H17FN4. The number of rotatable bonds is 1. The molecule has 3 rings (SSSR count). The molecule has 0 saturated carbocycles. The Morgan fingerprint density at radius 2 is 1.81 bits per heavy atom. The Morgan fingerprint density at radius 3 is 2.33 bits per heavy atom. The first-order valence-corrected chi connectivity index (χ1v) is 6.57. The Kier molecular flexibility index (Phi) is 4.77. The van der Waals surface area contributed by atoms with Crippen molar-refractivity contribution in [3.05, 3.63) is 71.7 Å². The van der Waals surface area contributed by atoms with Crippen molar-refractivity contribution in [1.29, 1.82) is 0 Å². The molecule has 0 N–H and O–H groups in total. The van der Waals surface area contributed by atoms with Crippen LogP contribution in [0.2, 0.25) is 0 Å². The predicted octanol–water partition coefficient (Wildman–Crippen LogP) is 3.41. The molecule has 0 bridgehead atoms. The molecule has 0 unspecified atom stereocenters. The lowest BCUT2D eigenvalue weighted by Crippen LogP contribution is -2.00. The summed E-state index contributed by atoms with van der Waals surface area (Å²) >= 11 is 0. The van der Waals surface area contributed by atoms with Gasteiger partial charge in [-0.3, -0.25) is 4.98 Å². The van der Waals surface area contributed by atoms with Crippen LogP contribution in [0.5, 0.6) is 0 Å². The molecular weight excluding hydrogens is 267 g/mol. The molecule has 21 heavy (non-hydrogen) atoms. The Morgan fingerprint density at radius 1 is 1.00 bits per heavy atom. The van der Waals surface area contributed by atoms with E-state index in [1.807, 2.05) is 26.0 Å². The van der Waals surface area contributed by atoms with Crippen molar-refractivity contribution >= 4 is 0 Å². The lowest BCUT2D eigenvalue weighted by Gasteiger charge is -2.00. The number of nitrogens with zero attached hydrogens (tertiary/aromatic N) is 4. The fraction of sp³-hybridized carbons (Fsp3) is 0.188. The summed E-state index contributed by atoms with van der Waals surface area (Å²) < 4.78 is 14.2. The highest BCUT2D eigenvalue weighted by Gasteiger charge is 1.99. The minimum atomic E-state index is -0.124. The van der Waals surface area contributed by atoms with Crippen molar-refractivity contribution in [1.82, 2.24) is 19.7 Å². The lowest BCUT2D eigenvalue weighted by molar-refractivity contribution is 0.618. The van der Waals surface area contributed by atoms with E-state index in [-0.39, 0.29) is 5.82 Å². The summed E-state index contributed by atoms with van der Waals surface area (Å²) in [7, 11) is 0. The van der Waals surface area contributed by atoms with Gasteiger partial charge < -0.3 is 0 Å². The zero-order valence-corrected chi connectivity index (χ0v) is 12.3. The van der Waals surface area contributed by atoms with E-state index in [9.17, 15) is 4.39 Å². The first-order chi connectivity index (χ1) is 10.1. The Balaban J connectivity index is 0.000000161. The molecule has 0 fully saturated rings. The van der Waals surface area contributed by atoms with Gasteiger partial charge in [-0.25, -0.2) is 14.1 Å². The van der Waals surface area contributed by atoms with E-state index < -0.39 is 0 Å². The van der Waals surface area contributed by atoms with Gasteiger partial charge in [0.2, 0.25) is 0 Å². The van der Waals surface area contributed by atoms with Gasteiger partial charge in [-0.1, -0.05) is 17.7 Å². The summed E-state index contributed by atoms with van der Waals surface area (Å²) in [5.74, 6) is 0.626. The molecule has 5 heteroatoms. The van der Waals surface area contributed by atoms with Crippen LogP contribution in [0.4, 0.5) is 4.39 Å². The normalized spacial score (nSPS) is 9.90. The molecule has 0 aliphatic heterocycles. The monoisotopic (exact) mass is 284 g/mol. The van der Waals surface area contributed by atoms with E-state index >= 15 is 0 Å². The van der Waals surface area contributed by atoms with Gasteiger partial charge in [-0.05, 0) is 38.5 Å². The van der Waals surface area contributed by atoms with E-state index in [0.717, 1.165) is 22.6 Å². The van der Waals surface area contributed by atoms with E-state index in [4.69, 9.17) is 0 Å². The molecule has 0 aliphatic carbocycles. The zero-order chi connectivity index (χ0) is 15.2. The van der Waals surface area contributed by atoms with Crippen molar-refractivity contribution in [3.8, 4) is 5.82 Å². The van der Waals surface area contributed by atoms with Crippen LogP contribution >= 0.6 is 0 Å². The van der Waals surface area contributed by atoms with Gasteiger partial charge in [-0.15, -0.1) is 0 Å². The summed E-state index contributed by atoms with van der Waals surface area (Å²) in [6.07, 6.45) is 6.71. The van der Waals surface area contributed by atoms with Crippen LogP contribution in [0.15, 0.2) is 49.1 Å². The van der Waals surface area contributed by atoms with Gasteiger partial charge in [0, 0.05) is 24.3 Å². The third-order valence-corrected chi connectivity index (χ3v) is 2.91. The number of hydrogen-bond acceptors (Lipinski definition) is 3. The number of hydrogen-bond donors (Lipinski definition) is 0.